The summed E-state index contributed by atoms with van der Waals surface area (Å²) in [6, 6.07) is 9.55. The van der Waals surface area contributed by atoms with E-state index in [1.807, 2.05) is 12.4 Å². The second-order valence-corrected chi connectivity index (χ2v) is 5.73. The molecule has 2 fully saturated rings. The van der Waals surface area contributed by atoms with Crippen LogP contribution in [0, 0.1) is 11.8 Å². The lowest BCUT2D eigenvalue weighted by Gasteiger charge is -2.16. The third-order valence-corrected chi connectivity index (χ3v) is 4.84. The van der Waals surface area contributed by atoms with Crippen LogP contribution in [0.5, 0.6) is 0 Å². The molecule has 2 aliphatic rings. The quantitative estimate of drug-likeness (QED) is 0.870. The monoisotopic (exact) mass is 238 g/mol. The summed E-state index contributed by atoms with van der Waals surface area (Å²) in [5, 5.41) is 6.32. The molecule has 1 saturated carbocycles. The van der Waals surface area contributed by atoms with E-state index in [-0.39, 0.29) is 0 Å². The van der Waals surface area contributed by atoms with Gasteiger partial charge in [0.2, 0.25) is 0 Å². The Hall–Kier alpha value is -1.41. The van der Waals surface area contributed by atoms with Gasteiger partial charge in [0.25, 0.3) is 0 Å². The number of piperidine rings is 1. The lowest BCUT2D eigenvalue weighted by Crippen LogP contribution is -2.26. The van der Waals surface area contributed by atoms with Gasteiger partial charge in [-0.2, -0.15) is 0 Å². The molecule has 1 N–H and O–H groups in total. The third kappa shape index (κ3) is 1.56. The Morgan fingerprint density at radius 3 is 3.00 bits per heavy atom. The molecule has 92 valence electrons. The minimum Gasteiger partial charge on any atom is -0.313 e. The number of nitrogens with zero attached hydrogens (tertiary/aromatic N) is 1. The second kappa shape index (κ2) is 4.06. The first-order valence-corrected chi connectivity index (χ1v) is 6.97. The normalized spacial score (nSPS) is 30.1. The first-order chi connectivity index (χ1) is 8.92. The number of hydrogen-bond donors (Lipinski definition) is 1. The van der Waals surface area contributed by atoms with Crippen LogP contribution in [0.25, 0.3) is 10.8 Å². The van der Waals surface area contributed by atoms with E-state index in [4.69, 9.17) is 0 Å². The molecular formula is C16H18N2. The van der Waals surface area contributed by atoms with Crippen molar-refractivity contribution < 1.29 is 0 Å². The fraction of sp³-hybridized carbons (Fsp3) is 0.438. The van der Waals surface area contributed by atoms with E-state index in [0.29, 0.717) is 0 Å². The number of hydrogen-bond acceptors (Lipinski definition) is 2. The van der Waals surface area contributed by atoms with E-state index in [2.05, 4.69) is 34.6 Å². The van der Waals surface area contributed by atoms with Gasteiger partial charge in [-0.1, -0.05) is 18.2 Å². The topological polar surface area (TPSA) is 24.9 Å². The second-order valence-electron chi connectivity index (χ2n) is 5.73. The van der Waals surface area contributed by atoms with Gasteiger partial charge in [0, 0.05) is 23.8 Å². The van der Waals surface area contributed by atoms with Crippen LogP contribution in [-0.2, 0) is 6.42 Å². The summed E-state index contributed by atoms with van der Waals surface area (Å²) in [5.41, 5.74) is 1.50. The molecule has 3 atom stereocenters. The molecule has 18 heavy (non-hydrogen) atoms. The Kier molecular flexibility index (Phi) is 2.37. The largest absolute Gasteiger partial charge is 0.313 e. The van der Waals surface area contributed by atoms with E-state index in [0.717, 1.165) is 17.9 Å². The van der Waals surface area contributed by atoms with Crippen LogP contribution in [0.1, 0.15) is 18.4 Å². The zero-order valence-corrected chi connectivity index (χ0v) is 10.5. The Morgan fingerprint density at radius 1 is 1.22 bits per heavy atom. The summed E-state index contributed by atoms with van der Waals surface area (Å²) in [6.45, 7) is 1.24. The van der Waals surface area contributed by atoms with Gasteiger partial charge in [0.1, 0.15) is 0 Å². The summed E-state index contributed by atoms with van der Waals surface area (Å²) in [7, 11) is 0. The van der Waals surface area contributed by atoms with Crippen molar-refractivity contribution in [1.82, 2.24) is 10.3 Å². The maximum Gasteiger partial charge on any atom is 0.0346 e. The Bertz CT molecular complexity index is 553. The summed E-state index contributed by atoms with van der Waals surface area (Å²) >= 11 is 0. The van der Waals surface area contributed by atoms with Crippen LogP contribution >= 0.6 is 0 Å². The van der Waals surface area contributed by atoms with Gasteiger partial charge < -0.3 is 5.32 Å². The Labute approximate surface area is 107 Å². The first-order valence-electron chi connectivity index (χ1n) is 6.97. The van der Waals surface area contributed by atoms with E-state index in [1.54, 1.807) is 0 Å². The molecule has 1 saturated heterocycles. The molecule has 3 unspecified atom stereocenters. The zero-order chi connectivity index (χ0) is 11.9. The van der Waals surface area contributed by atoms with Crippen LogP contribution < -0.4 is 5.32 Å². The van der Waals surface area contributed by atoms with Gasteiger partial charge in [-0.25, -0.2) is 0 Å². The molecule has 2 heteroatoms. The SMILES string of the molecule is c1cc(CC2C3CCC2NC3)c2ccncc2c1. The average Bonchev–Trinajstić information content (AvgIpc) is 2.99. The summed E-state index contributed by atoms with van der Waals surface area (Å²) in [6.07, 6.45) is 7.91. The van der Waals surface area contributed by atoms with Crippen LogP contribution in [-0.4, -0.2) is 17.6 Å². The van der Waals surface area contributed by atoms with Crippen molar-refractivity contribution in [1.29, 1.82) is 0 Å². The molecule has 1 aromatic carbocycles. The highest BCUT2D eigenvalue weighted by atomic mass is 15.0. The summed E-state index contributed by atoms with van der Waals surface area (Å²) < 4.78 is 0. The fourth-order valence-electron chi connectivity index (χ4n) is 3.89. The van der Waals surface area contributed by atoms with Gasteiger partial charge in [-0.15, -0.1) is 0 Å². The standard InChI is InChI=1S/C16H18N2/c1-2-11(14-6-7-17-9-12(14)3-1)8-15-13-4-5-16(15)18-10-13/h1-3,6-7,9,13,15-16,18H,4-5,8,10H2. The van der Waals surface area contributed by atoms with Gasteiger partial charge in [0.15, 0.2) is 0 Å². The highest BCUT2D eigenvalue weighted by molar-refractivity contribution is 5.84. The third-order valence-electron chi connectivity index (χ3n) is 4.84. The molecule has 1 aliphatic carbocycles. The molecule has 1 aliphatic heterocycles. The zero-order valence-electron chi connectivity index (χ0n) is 10.5. The molecule has 2 aromatic rings. The van der Waals surface area contributed by atoms with E-state index in [9.17, 15) is 0 Å². The lowest BCUT2D eigenvalue weighted by atomic mass is 9.89. The van der Waals surface area contributed by atoms with Crippen LogP contribution in [0.2, 0.25) is 0 Å². The first kappa shape index (κ1) is 10.5. The smallest absolute Gasteiger partial charge is 0.0346 e. The van der Waals surface area contributed by atoms with Gasteiger partial charge >= 0.3 is 0 Å². The van der Waals surface area contributed by atoms with Gasteiger partial charge in [-0.05, 0) is 54.7 Å². The number of nitrogens with one attached hydrogen (secondary N) is 1. The molecule has 4 rings (SSSR count). The fourth-order valence-corrected chi connectivity index (χ4v) is 3.89. The van der Waals surface area contributed by atoms with E-state index >= 15 is 0 Å². The summed E-state index contributed by atoms with van der Waals surface area (Å²) in [4.78, 5) is 4.22. The van der Waals surface area contributed by atoms with Crippen molar-refractivity contribution >= 4 is 10.8 Å². The lowest BCUT2D eigenvalue weighted by molar-refractivity contribution is 0.450. The molecule has 0 amide bonds. The minimum atomic E-state index is 0.770. The number of pyridine rings is 1. The number of aromatic nitrogens is 1. The van der Waals surface area contributed by atoms with Gasteiger partial charge in [0.05, 0.1) is 0 Å². The molecule has 0 spiro atoms. The van der Waals surface area contributed by atoms with Crippen LogP contribution in [0.4, 0.5) is 0 Å². The summed E-state index contributed by atoms with van der Waals surface area (Å²) in [5.74, 6) is 1.76. The minimum absolute atomic E-state index is 0.770. The maximum atomic E-state index is 4.22. The Morgan fingerprint density at radius 2 is 2.22 bits per heavy atom. The molecule has 2 bridgehead atoms. The van der Waals surface area contributed by atoms with Crippen LogP contribution in [0.3, 0.4) is 0 Å². The molecule has 1 aromatic heterocycles. The molecular weight excluding hydrogens is 220 g/mol. The van der Waals surface area contributed by atoms with Crippen molar-refractivity contribution in [3.8, 4) is 0 Å². The molecule has 2 heterocycles. The number of rotatable bonds is 2. The molecule has 0 radical (unpaired) electrons. The predicted molar refractivity (Wildman–Crippen MR) is 73.5 cm³/mol. The molecule has 2 nitrogen and oxygen atoms in total. The highest BCUT2D eigenvalue weighted by Gasteiger charge is 2.41. The predicted octanol–water partition coefficient (Wildman–Crippen LogP) is 2.78. The van der Waals surface area contributed by atoms with E-state index < -0.39 is 0 Å². The van der Waals surface area contributed by atoms with Crippen molar-refractivity contribution in [2.75, 3.05) is 6.54 Å². The van der Waals surface area contributed by atoms with E-state index in [1.165, 1.54) is 42.1 Å². The van der Waals surface area contributed by atoms with Crippen molar-refractivity contribution in [3.05, 3.63) is 42.2 Å². The number of fused-ring (bicyclic) bond motifs is 3. The van der Waals surface area contributed by atoms with Gasteiger partial charge in [-0.3, -0.25) is 4.98 Å². The highest BCUT2D eigenvalue weighted by Crippen LogP contribution is 2.39. The van der Waals surface area contributed by atoms with Crippen molar-refractivity contribution in [2.45, 2.75) is 25.3 Å². The average molecular weight is 238 g/mol. The van der Waals surface area contributed by atoms with Crippen molar-refractivity contribution in [2.24, 2.45) is 11.8 Å². The van der Waals surface area contributed by atoms with Crippen LogP contribution in [0.15, 0.2) is 36.7 Å². The van der Waals surface area contributed by atoms with Crippen molar-refractivity contribution in [3.63, 3.8) is 0 Å². The maximum absolute atomic E-state index is 4.22. The Balaban J connectivity index is 1.71. The number of benzene rings is 1.